The van der Waals surface area contributed by atoms with Gasteiger partial charge in [0.2, 0.25) is 0 Å². The van der Waals surface area contributed by atoms with E-state index in [1.807, 2.05) is 31.2 Å². The number of nitrogens with zero attached hydrogens (tertiary/aromatic N) is 3. The smallest absolute Gasteiger partial charge is 0.156 e. The Balaban J connectivity index is 2.59. The van der Waals surface area contributed by atoms with Crippen LogP contribution >= 0.6 is 11.3 Å². The fraction of sp³-hybridized carbons (Fsp3) is 0.556. The van der Waals surface area contributed by atoms with Crippen molar-refractivity contribution in [3.8, 4) is 0 Å². The summed E-state index contributed by atoms with van der Waals surface area (Å²) in [6.45, 7) is 4.55. The van der Waals surface area contributed by atoms with E-state index in [2.05, 4.69) is 10.1 Å². The van der Waals surface area contributed by atoms with Crippen LogP contribution in [0.1, 0.15) is 17.6 Å². The number of thiazole rings is 1. The zero-order valence-corrected chi connectivity index (χ0v) is 9.95. The van der Waals surface area contributed by atoms with Crippen LogP contribution in [0.2, 0.25) is 0 Å². The van der Waals surface area contributed by atoms with Crippen molar-refractivity contribution in [1.29, 1.82) is 0 Å². The number of hydrogen-bond donors (Lipinski definition) is 2. The second-order valence-electron chi connectivity index (χ2n) is 3.47. The lowest BCUT2D eigenvalue weighted by atomic mass is 10.2. The molecule has 0 aromatic carbocycles. The lowest BCUT2D eigenvalue weighted by Crippen LogP contribution is -2.40. The molecule has 3 N–H and O–H groups in total. The van der Waals surface area contributed by atoms with Crippen LogP contribution in [-0.4, -0.2) is 34.0 Å². The van der Waals surface area contributed by atoms with Gasteiger partial charge in [-0.2, -0.15) is 0 Å². The van der Waals surface area contributed by atoms with Crippen molar-refractivity contribution in [2.75, 3.05) is 7.05 Å². The van der Waals surface area contributed by atoms with Gasteiger partial charge >= 0.3 is 0 Å². The molecule has 1 atom stereocenters. The third kappa shape index (κ3) is 3.17. The van der Waals surface area contributed by atoms with Crippen molar-refractivity contribution in [3.63, 3.8) is 0 Å². The summed E-state index contributed by atoms with van der Waals surface area (Å²) in [4.78, 5) is 6.33. The first-order valence-corrected chi connectivity index (χ1v) is 5.51. The molecule has 5 nitrogen and oxygen atoms in total. The molecule has 0 aliphatic carbocycles. The van der Waals surface area contributed by atoms with E-state index in [-0.39, 0.29) is 11.9 Å². The summed E-state index contributed by atoms with van der Waals surface area (Å²) in [5.74, 6) is 0.212. The maximum absolute atomic E-state index is 8.55. The van der Waals surface area contributed by atoms with E-state index < -0.39 is 0 Å². The van der Waals surface area contributed by atoms with Gasteiger partial charge in [-0.05, 0) is 20.9 Å². The van der Waals surface area contributed by atoms with E-state index in [1.165, 1.54) is 0 Å². The SMILES string of the molecule is Cc1nc(CN(C)C(C)C(N)=NO)cs1. The standard InChI is InChI=1S/C9H16N4OS/c1-6(9(10)12-14)13(3)4-8-5-15-7(2)11-8/h5-6,14H,4H2,1-3H3,(H2,10,12). The molecule has 0 fully saturated rings. The molecule has 1 rings (SSSR count). The van der Waals surface area contributed by atoms with Crippen molar-refractivity contribution in [2.45, 2.75) is 26.4 Å². The first-order valence-electron chi connectivity index (χ1n) is 4.63. The van der Waals surface area contributed by atoms with Gasteiger partial charge in [0, 0.05) is 11.9 Å². The van der Waals surface area contributed by atoms with Crippen LogP contribution in [0.3, 0.4) is 0 Å². The molecule has 0 spiro atoms. The highest BCUT2D eigenvalue weighted by molar-refractivity contribution is 7.09. The molecule has 0 amide bonds. The minimum atomic E-state index is -0.1000. The summed E-state index contributed by atoms with van der Waals surface area (Å²) in [5, 5.41) is 14.6. The molecule has 84 valence electrons. The Labute approximate surface area is 93.2 Å². The molecule has 1 heterocycles. The summed E-state index contributed by atoms with van der Waals surface area (Å²) in [7, 11) is 1.91. The van der Waals surface area contributed by atoms with Gasteiger partial charge in [-0.3, -0.25) is 4.90 Å². The predicted molar refractivity (Wildman–Crippen MR) is 61.2 cm³/mol. The van der Waals surface area contributed by atoms with Crippen LogP contribution in [0.15, 0.2) is 10.5 Å². The van der Waals surface area contributed by atoms with Gasteiger partial charge in [-0.15, -0.1) is 11.3 Å². The van der Waals surface area contributed by atoms with Gasteiger partial charge in [0.1, 0.15) is 0 Å². The van der Waals surface area contributed by atoms with Crippen molar-refractivity contribution in [2.24, 2.45) is 10.9 Å². The summed E-state index contributed by atoms with van der Waals surface area (Å²) in [6.07, 6.45) is 0. The van der Waals surface area contributed by atoms with Crippen molar-refractivity contribution in [1.82, 2.24) is 9.88 Å². The number of aryl methyl sites for hydroxylation is 1. The molecule has 6 heteroatoms. The predicted octanol–water partition coefficient (Wildman–Crippen LogP) is 1.02. The van der Waals surface area contributed by atoms with E-state index in [9.17, 15) is 0 Å². The van der Waals surface area contributed by atoms with Crippen LogP contribution in [0.4, 0.5) is 0 Å². The van der Waals surface area contributed by atoms with E-state index in [4.69, 9.17) is 10.9 Å². The Morgan fingerprint density at radius 2 is 2.47 bits per heavy atom. The van der Waals surface area contributed by atoms with Crippen LogP contribution < -0.4 is 5.73 Å². The minimum absolute atomic E-state index is 0.1000. The quantitative estimate of drug-likeness (QED) is 0.349. The van der Waals surface area contributed by atoms with Crippen LogP contribution in [-0.2, 0) is 6.54 Å². The Bertz CT molecular complexity index is 350. The molecule has 0 saturated heterocycles. The fourth-order valence-electron chi connectivity index (χ4n) is 1.18. The number of amidine groups is 1. The Morgan fingerprint density at radius 3 is 2.93 bits per heavy atom. The molecule has 0 aliphatic heterocycles. The highest BCUT2D eigenvalue weighted by Crippen LogP contribution is 2.11. The third-order valence-electron chi connectivity index (χ3n) is 2.28. The molecule has 0 radical (unpaired) electrons. The molecule has 0 saturated carbocycles. The molecule has 1 aromatic heterocycles. The van der Waals surface area contributed by atoms with E-state index >= 15 is 0 Å². The maximum Gasteiger partial charge on any atom is 0.156 e. The van der Waals surface area contributed by atoms with E-state index in [0.29, 0.717) is 6.54 Å². The first kappa shape index (κ1) is 11.9. The average Bonchev–Trinajstić information content (AvgIpc) is 2.61. The van der Waals surface area contributed by atoms with Gasteiger partial charge < -0.3 is 10.9 Å². The molecule has 1 unspecified atom stereocenters. The number of rotatable bonds is 4. The second kappa shape index (κ2) is 5.09. The molecule has 15 heavy (non-hydrogen) atoms. The lowest BCUT2D eigenvalue weighted by Gasteiger charge is -2.22. The number of hydrogen-bond acceptors (Lipinski definition) is 5. The number of oxime groups is 1. The highest BCUT2D eigenvalue weighted by atomic mass is 32.1. The van der Waals surface area contributed by atoms with Gasteiger partial charge in [0.15, 0.2) is 5.84 Å². The first-order chi connectivity index (χ1) is 7.04. The molecular weight excluding hydrogens is 212 g/mol. The van der Waals surface area contributed by atoms with E-state index in [0.717, 1.165) is 10.7 Å². The number of aromatic nitrogens is 1. The monoisotopic (exact) mass is 228 g/mol. The minimum Gasteiger partial charge on any atom is -0.409 e. The second-order valence-corrected chi connectivity index (χ2v) is 4.54. The summed E-state index contributed by atoms with van der Waals surface area (Å²) < 4.78 is 0. The van der Waals surface area contributed by atoms with Crippen LogP contribution in [0.5, 0.6) is 0 Å². The van der Waals surface area contributed by atoms with Gasteiger partial charge in [0.05, 0.1) is 16.7 Å². The largest absolute Gasteiger partial charge is 0.409 e. The molecule has 1 aromatic rings. The molecule has 0 aliphatic rings. The zero-order chi connectivity index (χ0) is 11.4. The van der Waals surface area contributed by atoms with Gasteiger partial charge in [-0.25, -0.2) is 4.98 Å². The normalized spacial score (nSPS) is 14.5. The number of likely N-dealkylation sites (N-methyl/N-ethyl adjacent to an activating group) is 1. The van der Waals surface area contributed by atoms with Crippen molar-refractivity contribution < 1.29 is 5.21 Å². The lowest BCUT2D eigenvalue weighted by molar-refractivity contribution is 0.277. The van der Waals surface area contributed by atoms with Gasteiger partial charge in [0.25, 0.3) is 0 Å². The summed E-state index contributed by atoms with van der Waals surface area (Å²) in [6, 6.07) is -0.1000. The topological polar surface area (TPSA) is 74.7 Å². The summed E-state index contributed by atoms with van der Waals surface area (Å²) >= 11 is 1.62. The van der Waals surface area contributed by atoms with Crippen molar-refractivity contribution >= 4 is 17.2 Å². The molecule has 0 bridgehead atoms. The number of nitrogens with two attached hydrogens (primary N) is 1. The highest BCUT2D eigenvalue weighted by Gasteiger charge is 2.14. The van der Waals surface area contributed by atoms with Crippen LogP contribution in [0.25, 0.3) is 0 Å². The Hall–Kier alpha value is -1.14. The third-order valence-corrected chi connectivity index (χ3v) is 3.10. The Morgan fingerprint density at radius 1 is 1.80 bits per heavy atom. The summed E-state index contributed by atoms with van der Waals surface area (Å²) in [5.41, 5.74) is 6.53. The van der Waals surface area contributed by atoms with Crippen molar-refractivity contribution in [3.05, 3.63) is 16.1 Å². The average molecular weight is 228 g/mol. The maximum atomic E-state index is 8.55. The molecular formula is C9H16N4OS. The van der Waals surface area contributed by atoms with Crippen LogP contribution in [0, 0.1) is 6.92 Å². The Kier molecular flexibility index (Phi) is 4.05. The zero-order valence-electron chi connectivity index (χ0n) is 9.14. The van der Waals surface area contributed by atoms with E-state index in [1.54, 1.807) is 11.3 Å². The van der Waals surface area contributed by atoms with Gasteiger partial charge in [-0.1, -0.05) is 5.16 Å². The fourth-order valence-corrected chi connectivity index (χ4v) is 1.79.